The molecule has 144 valence electrons. The largest absolute Gasteiger partial charge is 0.378 e. The number of anilines is 1. The SMILES string of the molecule is CCNC(=NCc1ccc(N2CCOCC2)c(F)c1)NCc1ccccn1. The van der Waals surface area contributed by atoms with E-state index in [9.17, 15) is 4.39 Å². The van der Waals surface area contributed by atoms with E-state index in [1.807, 2.05) is 42.2 Å². The molecule has 7 heteroatoms. The highest BCUT2D eigenvalue weighted by atomic mass is 19.1. The average Bonchev–Trinajstić information content (AvgIpc) is 2.71. The molecule has 2 N–H and O–H groups in total. The topological polar surface area (TPSA) is 61.8 Å². The molecule has 6 nitrogen and oxygen atoms in total. The summed E-state index contributed by atoms with van der Waals surface area (Å²) < 4.78 is 19.8. The number of aromatic nitrogens is 1. The van der Waals surface area contributed by atoms with Crippen molar-refractivity contribution in [3.05, 3.63) is 59.7 Å². The van der Waals surface area contributed by atoms with E-state index in [-0.39, 0.29) is 5.82 Å². The van der Waals surface area contributed by atoms with E-state index >= 15 is 0 Å². The van der Waals surface area contributed by atoms with Crippen molar-refractivity contribution < 1.29 is 9.13 Å². The Hall–Kier alpha value is -2.67. The maximum absolute atomic E-state index is 14.5. The van der Waals surface area contributed by atoms with E-state index < -0.39 is 0 Å². The molecule has 3 rings (SSSR count). The molecule has 1 saturated heterocycles. The first-order valence-electron chi connectivity index (χ1n) is 9.29. The lowest BCUT2D eigenvalue weighted by atomic mass is 10.1. The average molecular weight is 371 g/mol. The highest BCUT2D eigenvalue weighted by molar-refractivity contribution is 5.79. The van der Waals surface area contributed by atoms with E-state index in [2.05, 4.69) is 20.6 Å². The van der Waals surface area contributed by atoms with Crippen LogP contribution in [0.3, 0.4) is 0 Å². The number of pyridine rings is 1. The van der Waals surface area contributed by atoms with Crippen molar-refractivity contribution in [1.82, 2.24) is 15.6 Å². The van der Waals surface area contributed by atoms with Crippen molar-refractivity contribution in [1.29, 1.82) is 0 Å². The number of nitrogens with one attached hydrogen (secondary N) is 2. The van der Waals surface area contributed by atoms with Gasteiger partial charge in [0.15, 0.2) is 5.96 Å². The molecular weight excluding hydrogens is 345 g/mol. The summed E-state index contributed by atoms with van der Waals surface area (Å²) in [6.07, 6.45) is 1.76. The second-order valence-corrected chi connectivity index (χ2v) is 6.25. The standard InChI is InChI=1S/C20H26FN5O/c1-2-22-20(25-15-17-5-3-4-8-23-17)24-14-16-6-7-19(18(21)13-16)26-9-11-27-12-10-26/h3-8,13H,2,9-12,14-15H2,1H3,(H2,22,24,25). The maximum Gasteiger partial charge on any atom is 0.191 e. The monoisotopic (exact) mass is 371 g/mol. The number of halogens is 1. The Kier molecular flexibility index (Phi) is 6.98. The molecule has 0 aliphatic carbocycles. The van der Waals surface area contributed by atoms with Crippen LogP contribution < -0.4 is 15.5 Å². The summed E-state index contributed by atoms with van der Waals surface area (Å²) in [5, 5.41) is 6.44. The van der Waals surface area contributed by atoms with Crippen LogP contribution in [-0.2, 0) is 17.8 Å². The molecule has 1 aliphatic heterocycles. The van der Waals surface area contributed by atoms with Gasteiger partial charge < -0.3 is 20.3 Å². The van der Waals surface area contributed by atoms with Crippen LogP contribution in [0, 0.1) is 5.82 Å². The maximum atomic E-state index is 14.5. The number of guanidine groups is 1. The molecule has 1 fully saturated rings. The highest BCUT2D eigenvalue weighted by Gasteiger charge is 2.15. The van der Waals surface area contributed by atoms with Gasteiger partial charge in [-0.15, -0.1) is 0 Å². The number of hydrogen-bond donors (Lipinski definition) is 2. The molecule has 2 heterocycles. The summed E-state index contributed by atoms with van der Waals surface area (Å²) in [5.41, 5.74) is 2.40. The minimum atomic E-state index is -0.212. The van der Waals surface area contributed by atoms with Gasteiger partial charge in [0.05, 0.1) is 37.7 Å². The second-order valence-electron chi connectivity index (χ2n) is 6.25. The smallest absolute Gasteiger partial charge is 0.191 e. The molecule has 27 heavy (non-hydrogen) atoms. The van der Waals surface area contributed by atoms with Crippen molar-refractivity contribution >= 4 is 11.6 Å². The van der Waals surface area contributed by atoms with Gasteiger partial charge in [0, 0.05) is 25.8 Å². The summed E-state index contributed by atoms with van der Waals surface area (Å²) in [4.78, 5) is 10.9. The Morgan fingerprint density at radius 3 is 2.78 bits per heavy atom. The molecule has 0 bridgehead atoms. The molecule has 2 aromatic rings. The molecule has 1 aliphatic rings. The van der Waals surface area contributed by atoms with Crippen molar-refractivity contribution in [3.63, 3.8) is 0 Å². The molecular formula is C20H26FN5O. The van der Waals surface area contributed by atoms with Gasteiger partial charge in [-0.25, -0.2) is 9.38 Å². The normalized spacial score (nSPS) is 14.9. The molecule has 1 aromatic carbocycles. The van der Waals surface area contributed by atoms with Crippen LogP contribution in [0.1, 0.15) is 18.2 Å². The van der Waals surface area contributed by atoms with Crippen LogP contribution in [0.25, 0.3) is 0 Å². The van der Waals surface area contributed by atoms with Crippen LogP contribution in [0.2, 0.25) is 0 Å². The predicted molar refractivity (Wildman–Crippen MR) is 105 cm³/mol. The zero-order valence-electron chi connectivity index (χ0n) is 15.6. The third-order valence-electron chi connectivity index (χ3n) is 4.29. The van der Waals surface area contributed by atoms with Crippen LogP contribution >= 0.6 is 0 Å². The summed E-state index contributed by atoms with van der Waals surface area (Å²) in [5.74, 6) is 0.469. The molecule has 0 amide bonds. The van der Waals surface area contributed by atoms with Gasteiger partial charge in [0.25, 0.3) is 0 Å². The molecule has 0 saturated carbocycles. The zero-order valence-corrected chi connectivity index (χ0v) is 15.6. The van der Waals surface area contributed by atoms with Crippen LogP contribution in [0.4, 0.5) is 10.1 Å². The highest BCUT2D eigenvalue weighted by Crippen LogP contribution is 2.21. The van der Waals surface area contributed by atoms with Gasteiger partial charge in [-0.3, -0.25) is 4.98 Å². The Morgan fingerprint density at radius 1 is 1.22 bits per heavy atom. The van der Waals surface area contributed by atoms with Crippen molar-refractivity contribution in [2.45, 2.75) is 20.0 Å². The van der Waals surface area contributed by atoms with E-state index in [1.54, 1.807) is 12.3 Å². The van der Waals surface area contributed by atoms with Gasteiger partial charge in [0.2, 0.25) is 0 Å². The number of nitrogens with zero attached hydrogens (tertiary/aromatic N) is 3. The molecule has 1 aromatic heterocycles. The third kappa shape index (κ3) is 5.65. The molecule has 0 spiro atoms. The Balaban J connectivity index is 1.62. The molecule has 0 atom stereocenters. The molecule has 0 unspecified atom stereocenters. The third-order valence-corrected chi connectivity index (χ3v) is 4.29. The zero-order chi connectivity index (χ0) is 18.9. The first-order valence-corrected chi connectivity index (χ1v) is 9.29. The summed E-state index contributed by atoms with van der Waals surface area (Å²) in [6, 6.07) is 11.1. The number of ether oxygens (including phenoxy) is 1. The van der Waals surface area contributed by atoms with Gasteiger partial charge in [-0.2, -0.15) is 0 Å². The van der Waals surface area contributed by atoms with E-state index in [4.69, 9.17) is 4.74 Å². The lowest BCUT2D eigenvalue weighted by Crippen LogP contribution is -2.37. The summed E-state index contributed by atoms with van der Waals surface area (Å²) in [7, 11) is 0. The summed E-state index contributed by atoms with van der Waals surface area (Å²) in [6.45, 7) is 6.45. The van der Waals surface area contributed by atoms with Crippen molar-refractivity contribution in [2.24, 2.45) is 4.99 Å². The second kappa shape index (κ2) is 9.87. The fraction of sp³-hybridized carbons (Fsp3) is 0.400. The number of morpholine rings is 1. The van der Waals surface area contributed by atoms with Crippen molar-refractivity contribution in [3.8, 4) is 0 Å². The van der Waals surface area contributed by atoms with Gasteiger partial charge in [-0.05, 0) is 36.8 Å². The lowest BCUT2D eigenvalue weighted by Gasteiger charge is -2.29. The number of rotatable bonds is 6. The van der Waals surface area contributed by atoms with Crippen LogP contribution in [0.5, 0.6) is 0 Å². The number of hydrogen-bond acceptors (Lipinski definition) is 4. The first-order chi connectivity index (χ1) is 13.3. The minimum Gasteiger partial charge on any atom is -0.378 e. The fourth-order valence-electron chi connectivity index (χ4n) is 2.90. The Labute approximate surface area is 159 Å². The van der Waals surface area contributed by atoms with E-state index in [0.717, 1.165) is 30.9 Å². The Morgan fingerprint density at radius 2 is 2.07 bits per heavy atom. The van der Waals surface area contributed by atoms with Crippen molar-refractivity contribution in [2.75, 3.05) is 37.7 Å². The summed E-state index contributed by atoms with van der Waals surface area (Å²) >= 11 is 0. The number of aliphatic imine (C=N–C) groups is 1. The minimum absolute atomic E-state index is 0.212. The molecule has 0 radical (unpaired) electrons. The Bertz CT molecular complexity index is 747. The van der Waals surface area contributed by atoms with Gasteiger partial charge in [-0.1, -0.05) is 12.1 Å². The van der Waals surface area contributed by atoms with E-state index in [0.29, 0.717) is 38.0 Å². The van der Waals surface area contributed by atoms with Crippen LogP contribution in [-0.4, -0.2) is 43.8 Å². The number of benzene rings is 1. The van der Waals surface area contributed by atoms with Crippen LogP contribution in [0.15, 0.2) is 47.6 Å². The van der Waals surface area contributed by atoms with E-state index in [1.165, 1.54) is 0 Å². The predicted octanol–water partition coefficient (Wildman–Crippen LogP) is 2.31. The lowest BCUT2D eigenvalue weighted by molar-refractivity contribution is 0.122. The van der Waals surface area contributed by atoms with Gasteiger partial charge >= 0.3 is 0 Å². The first kappa shape index (κ1) is 19.1. The quantitative estimate of drug-likeness (QED) is 0.603. The fourth-order valence-corrected chi connectivity index (χ4v) is 2.90. The van der Waals surface area contributed by atoms with Gasteiger partial charge in [0.1, 0.15) is 5.82 Å².